The Morgan fingerprint density at radius 1 is 1.42 bits per heavy atom. The summed E-state index contributed by atoms with van der Waals surface area (Å²) in [6.07, 6.45) is 2.42. The number of benzene rings is 1. The molecule has 0 aliphatic rings. The minimum atomic E-state index is 0.705. The Labute approximate surface area is 75.9 Å². The SMILES string of the molecule is [CH2]Cc1coc2cccc(Cl)c12. The van der Waals surface area contributed by atoms with Gasteiger partial charge in [0.1, 0.15) is 5.58 Å². The van der Waals surface area contributed by atoms with Crippen LogP contribution in [0.4, 0.5) is 0 Å². The van der Waals surface area contributed by atoms with E-state index >= 15 is 0 Å². The normalized spacial score (nSPS) is 10.8. The van der Waals surface area contributed by atoms with Gasteiger partial charge < -0.3 is 4.42 Å². The quantitative estimate of drug-likeness (QED) is 0.654. The maximum atomic E-state index is 5.99. The zero-order valence-electron chi connectivity index (χ0n) is 6.51. The van der Waals surface area contributed by atoms with Crippen molar-refractivity contribution in [1.82, 2.24) is 0 Å². The summed E-state index contributed by atoms with van der Waals surface area (Å²) < 4.78 is 5.30. The lowest BCUT2D eigenvalue weighted by Gasteiger charge is -1.93. The predicted molar refractivity (Wildman–Crippen MR) is 50.3 cm³/mol. The molecule has 0 atom stereocenters. The molecule has 1 heterocycles. The van der Waals surface area contributed by atoms with Crippen LogP contribution in [-0.4, -0.2) is 0 Å². The summed E-state index contributed by atoms with van der Waals surface area (Å²) in [5.41, 5.74) is 1.90. The Morgan fingerprint density at radius 2 is 2.25 bits per heavy atom. The highest BCUT2D eigenvalue weighted by atomic mass is 35.5. The Hall–Kier alpha value is -0.950. The van der Waals surface area contributed by atoms with E-state index in [4.69, 9.17) is 16.0 Å². The van der Waals surface area contributed by atoms with Crippen LogP contribution < -0.4 is 0 Å². The maximum Gasteiger partial charge on any atom is 0.135 e. The highest BCUT2D eigenvalue weighted by Crippen LogP contribution is 2.28. The molecule has 0 spiro atoms. The Bertz CT molecular complexity index is 403. The fourth-order valence-electron chi connectivity index (χ4n) is 1.29. The topological polar surface area (TPSA) is 13.1 Å². The molecule has 1 nitrogen and oxygen atoms in total. The Kier molecular flexibility index (Phi) is 1.81. The molecule has 0 amide bonds. The van der Waals surface area contributed by atoms with E-state index in [1.54, 1.807) is 6.26 Å². The van der Waals surface area contributed by atoms with Crippen molar-refractivity contribution in [2.45, 2.75) is 6.42 Å². The lowest BCUT2D eigenvalue weighted by atomic mass is 10.1. The molecule has 1 aromatic heterocycles. The number of rotatable bonds is 1. The summed E-state index contributed by atoms with van der Waals surface area (Å²) in [4.78, 5) is 0. The van der Waals surface area contributed by atoms with E-state index in [1.807, 2.05) is 18.2 Å². The summed E-state index contributed by atoms with van der Waals surface area (Å²) in [6.45, 7) is 3.80. The van der Waals surface area contributed by atoms with Crippen LogP contribution in [0.15, 0.2) is 28.9 Å². The minimum Gasteiger partial charge on any atom is -0.464 e. The van der Waals surface area contributed by atoms with Crippen molar-refractivity contribution in [2.75, 3.05) is 0 Å². The zero-order valence-corrected chi connectivity index (χ0v) is 7.27. The largest absolute Gasteiger partial charge is 0.464 e. The second-order valence-electron chi connectivity index (χ2n) is 2.62. The highest BCUT2D eigenvalue weighted by Gasteiger charge is 2.06. The summed E-state index contributed by atoms with van der Waals surface area (Å²) in [5, 5.41) is 1.73. The molecule has 0 saturated carbocycles. The van der Waals surface area contributed by atoms with Crippen LogP contribution in [0.1, 0.15) is 5.56 Å². The van der Waals surface area contributed by atoms with E-state index in [0.717, 1.165) is 21.6 Å². The van der Waals surface area contributed by atoms with E-state index in [9.17, 15) is 0 Å². The Balaban J connectivity index is 2.83. The van der Waals surface area contributed by atoms with Crippen molar-refractivity contribution < 1.29 is 4.42 Å². The highest BCUT2D eigenvalue weighted by molar-refractivity contribution is 6.35. The molecule has 0 fully saturated rings. The van der Waals surface area contributed by atoms with Gasteiger partial charge in [0, 0.05) is 5.39 Å². The first-order valence-corrected chi connectivity index (χ1v) is 4.14. The Morgan fingerprint density at radius 3 is 3.00 bits per heavy atom. The average Bonchev–Trinajstić information content (AvgIpc) is 2.49. The average molecular weight is 180 g/mol. The predicted octanol–water partition coefficient (Wildman–Crippen LogP) is 3.46. The molecule has 2 aromatic rings. The van der Waals surface area contributed by atoms with Gasteiger partial charge >= 0.3 is 0 Å². The molecule has 1 radical (unpaired) electrons. The van der Waals surface area contributed by atoms with E-state index in [0.29, 0.717) is 6.42 Å². The first-order chi connectivity index (χ1) is 5.83. The molecule has 61 valence electrons. The number of halogens is 1. The van der Waals surface area contributed by atoms with Gasteiger partial charge in [-0.1, -0.05) is 17.7 Å². The van der Waals surface area contributed by atoms with Gasteiger partial charge in [-0.05, 0) is 31.0 Å². The molecule has 2 rings (SSSR count). The molecule has 0 aliphatic heterocycles. The summed E-state index contributed by atoms with van der Waals surface area (Å²) >= 11 is 5.99. The fourth-order valence-corrected chi connectivity index (χ4v) is 1.58. The maximum absolute atomic E-state index is 5.99. The number of furan rings is 1. The van der Waals surface area contributed by atoms with E-state index in [-0.39, 0.29) is 0 Å². The summed E-state index contributed by atoms with van der Waals surface area (Å²) in [5.74, 6) is 0. The zero-order chi connectivity index (χ0) is 8.55. The second kappa shape index (κ2) is 2.83. The van der Waals surface area contributed by atoms with Crippen molar-refractivity contribution in [1.29, 1.82) is 0 Å². The lowest BCUT2D eigenvalue weighted by molar-refractivity contribution is 0.612. The van der Waals surface area contributed by atoms with Gasteiger partial charge in [-0.15, -0.1) is 0 Å². The molecule has 0 unspecified atom stereocenters. The molecule has 1 aromatic carbocycles. The summed E-state index contributed by atoms with van der Waals surface area (Å²) in [6, 6.07) is 5.64. The number of hydrogen-bond acceptors (Lipinski definition) is 1. The third kappa shape index (κ3) is 1.01. The lowest BCUT2D eigenvalue weighted by Crippen LogP contribution is -1.76. The second-order valence-corrected chi connectivity index (χ2v) is 3.03. The van der Waals surface area contributed by atoms with Crippen molar-refractivity contribution >= 4 is 22.6 Å². The van der Waals surface area contributed by atoms with E-state index in [2.05, 4.69) is 6.92 Å². The van der Waals surface area contributed by atoms with Gasteiger partial charge in [0.15, 0.2) is 0 Å². The van der Waals surface area contributed by atoms with E-state index < -0.39 is 0 Å². The molecule has 0 N–H and O–H groups in total. The van der Waals surface area contributed by atoms with Crippen molar-refractivity contribution in [3.63, 3.8) is 0 Å². The molecular weight excluding hydrogens is 172 g/mol. The van der Waals surface area contributed by atoms with Crippen molar-refractivity contribution in [2.24, 2.45) is 0 Å². The van der Waals surface area contributed by atoms with Crippen LogP contribution >= 0.6 is 11.6 Å². The molecule has 2 heteroatoms. The molecular formula is C10H8ClO. The smallest absolute Gasteiger partial charge is 0.135 e. The third-order valence-corrected chi connectivity index (χ3v) is 2.21. The van der Waals surface area contributed by atoms with Gasteiger partial charge in [-0.25, -0.2) is 0 Å². The first kappa shape index (κ1) is 7.69. The van der Waals surface area contributed by atoms with E-state index in [1.165, 1.54) is 0 Å². The molecule has 0 aliphatic carbocycles. The third-order valence-electron chi connectivity index (χ3n) is 1.89. The fraction of sp³-hybridized carbons (Fsp3) is 0.100. The van der Waals surface area contributed by atoms with Crippen molar-refractivity contribution in [3.8, 4) is 0 Å². The van der Waals surface area contributed by atoms with Gasteiger partial charge in [-0.2, -0.15) is 0 Å². The monoisotopic (exact) mass is 179 g/mol. The van der Waals surface area contributed by atoms with Crippen LogP contribution in [0.2, 0.25) is 5.02 Å². The van der Waals surface area contributed by atoms with Gasteiger partial charge in [0.2, 0.25) is 0 Å². The van der Waals surface area contributed by atoms with Gasteiger partial charge in [0.05, 0.1) is 11.3 Å². The van der Waals surface area contributed by atoms with Crippen LogP contribution in [-0.2, 0) is 6.42 Å². The number of hydrogen-bond donors (Lipinski definition) is 0. The molecule has 0 saturated heterocycles. The molecule has 12 heavy (non-hydrogen) atoms. The standard InChI is InChI=1S/C10H8ClO/c1-2-7-6-12-9-5-3-4-8(11)10(7)9/h3-6H,1-2H2. The van der Waals surface area contributed by atoms with Crippen LogP contribution in [0, 0.1) is 6.92 Å². The van der Waals surface area contributed by atoms with Crippen LogP contribution in [0.5, 0.6) is 0 Å². The van der Waals surface area contributed by atoms with Gasteiger partial charge in [-0.3, -0.25) is 0 Å². The number of fused-ring (bicyclic) bond motifs is 1. The van der Waals surface area contributed by atoms with Crippen LogP contribution in [0.25, 0.3) is 11.0 Å². The summed E-state index contributed by atoms with van der Waals surface area (Å²) in [7, 11) is 0. The first-order valence-electron chi connectivity index (χ1n) is 3.77. The van der Waals surface area contributed by atoms with Gasteiger partial charge in [0.25, 0.3) is 0 Å². The molecule has 0 bridgehead atoms. The minimum absolute atomic E-state index is 0.705. The van der Waals surface area contributed by atoms with Crippen molar-refractivity contribution in [3.05, 3.63) is 42.0 Å². The van der Waals surface area contributed by atoms with Crippen LogP contribution in [0.3, 0.4) is 0 Å².